The molecule has 1 unspecified atom stereocenters. The first-order chi connectivity index (χ1) is 8.63. The fourth-order valence-corrected chi connectivity index (χ4v) is 2.51. The number of piperazine rings is 1. The number of carbonyl (C=O) groups is 1. The van der Waals surface area contributed by atoms with Crippen molar-refractivity contribution in [2.75, 3.05) is 26.7 Å². The van der Waals surface area contributed by atoms with Gasteiger partial charge in [0.25, 0.3) is 5.91 Å². The zero-order valence-electron chi connectivity index (χ0n) is 11.0. The third-order valence-corrected chi connectivity index (χ3v) is 3.86. The molecule has 1 aliphatic heterocycles. The van der Waals surface area contributed by atoms with Gasteiger partial charge in [-0.2, -0.15) is 0 Å². The van der Waals surface area contributed by atoms with Crippen LogP contribution in [0.4, 0.5) is 0 Å². The van der Waals surface area contributed by atoms with Crippen molar-refractivity contribution in [3.8, 4) is 5.75 Å². The average Bonchev–Trinajstić information content (AvgIpc) is 2.39. The van der Waals surface area contributed by atoms with Gasteiger partial charge >= 0.3 is 0 Å². The maximum absolute atomic E-state index is 12.5. The highest BCUT2D eigenvalue weighted by molar-refractivity contribution is 9.10. The fourth-order valence-electron chi connectivity index (χ4n) is 2.09. The molecule has 1 atom stereocenters. The number of hydrogen-bond donors (Lipinski definition) is 1. The number of hydrogen-bond acceptors (Lipinski definition) is 3. The van der Waals surface area contributed by atoms with E-state index >= 15 is 0 Å². The Kier molecular flexibility index (Phi) is 6.10. The quantitative estimate of drug-likeness (QED) is 0.891. The van der Waals surface area contributed by atoms with Crippen LogP contribution in [-0.4, -0.2) is 43.6 Å². The van der Waals surface area contributed by atoms with Crippen LogP contribution in [0, 0.1) is 0 Å². The first-order valence-corrected chi connectivity index (χ1v) is 6.78. The fraction of sp³-hybridized carbons (Fsp3) is 0.462. The first-order valence-electron chi connectivity index (χ1n) is 5.98. The van der Waals surface area contributed by atoms with Gasteiger partial charge in [-0.3, -0.25) is 4.79 Å². The highest BCUT2D eigenvalue weighted by atomic mass is 79.9. The van der Waals surface area contributed by atoms with E-state index in [2.05, 4.69) is 28.2 Å². The highest BCUT2D eigenvalue weighted by Gasteiger charge is 2.25. The predicted molar refractivity (Wildman–Crippen MR) is 81.3 cm³/mol. The average molecular weight is 350 g/mol. The van der Waals surface area contributed by atoms with Crippen molar-refractivity contribution >= 4 is 34.2 Å². The Morgan fingerprint density at radius 1 is 1.53 bits per heavy atom. The molecule has 6 heteroatoms. The van der Waals surface area contributed by atoms with E-state index in [1.165, 1.54) is 0 Å². The van der Waals surface area contributed by atoms with Gasteiger partial charge in [-0.05, 0) is 41.1 Å². The van der Waals surface area contributed by atoms with Crippen LogP contribution >= 0.6 is 28.3 Å². The SMILES string of the molecule is COc1ccc(Br)c(C(=O)N2CCNCC2C)c1.Cl. The number of rotatable bonds is 2. The lowest BCUT2D eigenvalue weighted by molar-refractivity contribution is 0.0654. The second-order valence-electron chi connectivity index (χ2n) is 4.40. The number of nitrogens with one attached hydrogen (secondary N) is 1. The van der Waals surface area contributed by atoms with E-state index in [9.17, 15) is 4.79 Å². The van der Waals surface area contributed by atoms with Crippen LogP contribution in [-0.2, 0) is 0 Å². The van der Waals surface area contributed by atoms with E-state index in [1.54, 1.807) is 13.2 Å². The predicted octanol–water partition coefficient (Wildman–Crippen LogP) is 2.31. The summed E-state index contributed by atoms with van der Waals surface area (Å²) in [7, 11) is 1.60. The van der Waals surface area contributed by atoms with E-state index in [0.717, 1.165) is 24.1 Å². The summed E-state index contributed by atoms with van der Waals surface area (Å²) in [5.41, 5.74) is 0.656. The van der Waals surface area contributed by atoms with Crippen LogP contribution in [0.5, 0.6) is 5.75 Å². The molecule has 106 valence electrons. The zero-order chi connectivity index (χ0) is 13.1. The third-order valence-electron chi connectivity index (χ3n) is 3.17. The second kappa shape index (κ2) is 7.12. The minimum absolute atomic E-state index is 0. The summed E-state index contributed by atoms with van der Waals surface area (Å²) in [6.07, 6.45) is 0. The molecule has 1 aromatic rings. The molecule has 0 spiro atoms. The monoisotopic (exact) mass is 348 g/mol. The zero-order valence-corrected chi connectivity index (χ0v) is 13.4. The summed E-state index contributed by atoms with van der Waals surface area (Å²) in [4.78, 5) is 14.4. The van der Waals surface area contributed by atoms with Crippen molar-refractivity contribution in [3.63, 3.8) is 0 Å². The Morgan fingerprint density at radius 2 is 2.26 bits per heavy atom. The smallest absolute Gasteiger partial charge is 0.255 e. The van der Waals surface area contributed by atoms with E-state index in [4.69, 9.17) is 4.74 Å². The van der Waals surface area contributed by atoms with Gasteiger partial charge in [0.05, 0.1) is 12.7 Å². The maximum Gasteiger partial charge on any atom is 0.255 e. The van der Waals surface area contributed by atoms with Gasteiger partial charge in [0, 0.05) is 30.1 Å². The Bertz CT molecular complexity index is 456. The van der Waals surface area contributed by atoms with E-state index in [1.807, 2.05) is 17.0 Å². The van der Waals surface area contributed by atoms with Gasteiger partial charge in [-0.25, -0.2) is 0 Å². The molecular formula is C13H18BrClN2O2. The normalized spacial score (nSPS) is 18.7. The van der Waals surface area contributed by atoms with E-state index in [0.29, 0.717) is 11.3 Å². The van der Waals surface area contributed by atoms with Crippen LogP contribution in [0.3, 0.4) is 0 Å². The van der Waals surface area contributed by atoms with Crippen LogP contribution < -0.4 is 10.1 Å². The molecule has 0 aliphatic carbocycles. The third kappa shape index (κ3) is 3.61. The molecule has 19 heavy (non-hydrogen) atoms. The Hall–Kier alpha value is -0.780. The topological polar surface area (TPSA) is 41.6 Å². The van der Waals surface area contributed by atoms with Crippen LogP contribution in [0.1, 0.15) is 17.3 Å². The summed E-state index contributed by atoms with van der Waals surface area (Å²) in [6, 6.07) is 5.67. The number of amides is 1. The summed E-state index contributed by atoms with van der Waals surface area (Å²) in [5.74, 6) is 0.749. The Morgan fingerprint density at radius 3 is 2.89 bits per heavy atom. The summed E-state index contributed by atoms with van der Waals surface area (Å²) < 4.78 is 5.97. The molecule has 1 N–H and O–H groups in total. The van der Waals surface area contributed by atoms with Gasteiger partial charge in [-0.15, -0.1) is 12.4 Å². The van der Waals surface area contributed by atoms with Gasteiger partial charge in [0.2, 0.25) is 0 Å². The minimum atomic E-state index is 0. The minimum Gasteiger partial charge on any atom is -0.497 e. The van der Waals surface area contributed by atoms with Crippen molar-refractivity contribution in [2.45, 2.75) is 13.0 Å². The number of benzene rings is 1. The molecule has 0 radical (unpaired) electrons. The molecule has 1 aromatic carbocycles. The Balaban J connectivity index is 0.00000180. The summed E-state index contributed by atoms with van der Waals surface area (Å²) in [6.45, 7) is 4.48. The first kappa shape index (κ1) is 16.3. The summed E-state index contributed by atoms with van der Waals surface area (Å²) in [5, 5.41) is 3.28. The van der Waals surface area contributed by atoms with Crippen molar-refractivity contribution in [2.24, 2.45) is 0 Å². The Labute approximate surface area is 128 Å². The number of carbonyl (C=O) groups excluding carboxylic acids is 1. The van der Waals surface area contributed by atoms with Gasteiger partial charge < -0.3 is 15.0 Å². The van der Waals surface area contributed by atoms with Crippen molar-refractivity contribution < 1.29 is 9.53 Å². The molecule has 1 heterocycles. The van der Waals surface area contributed by atoms with Crippen LogP contribution in [0.15, 0.2) is 22.7 Å². The molecule has 1 amide bonds. The second-order valence-corrected chi connectivity index (χ2v) is 5.25. The van der Waals surface area contributed by atoms with Crippen LogP contribution in [0.25, 0.3) is 0 Å². The van der Waals surface area contributed by atoms with Gasteiger partial charge in [0.15, 0.2) is 0 Å². The molecule has 1 fully saturated rings. The van der Waals surface area contributed by atoms with Crippen LogP contribution in [0.2, 0.25) is 0 Å². The lowest BCUT2D eigenvalue weighted by Gasteiger charge is -2.34. The van der Waals surface area contributed by atoms with Crippen molar-refractivity contribution in [3.05, 3.63) is 28.2 Å². The maximum atomic E-state index is 12.5. The molecule has 0 bridgehead atoms. The molecule has 2 rings (SSSR count). The molecule has 4 nitrogen and oxygen atoms in total. The highest BCUT2D eigenvalue weighted by Crippen LogP contribution is 2.24. The molecule has 1 aliphatic rings. The number of halogens is 2. The standard InChI is InChI=1S/C13H17BrN2O2.ClH/c1-9-8-15-5-6-16(9)13(17)11-7-10(18-2)3-4-12(11)14;/h3-4,7,9,15H,5-6,8H2,1-2H3;1H. The van der Waals surface area contributed by atoms with E-state index in [-0.39, 0.29) is 24.4 Å². The molecule has 0 aromatic heterocycles. The summed E-state index contributed by atoms with van der Waals surface area (Å²) >= 11 is 3.43. The van der Waals surface area contributed by atoms with Gasteiger partial charge in [0.1, 0.15) is 5.75 Å². The number of methoxy groups -OCH3 is 1. The van der Waals surface area contributed by atoms with Gasteiger partial charge in [-0.1, -0.05) is 0 Å². The molecule has 0 saturated carbocycles. The lowest BCUT2D eigenvalue weighted by Crippen LogP contribution is -2.52. The largest absolute Gasteiger partial charge is 0.497 e. The molecule has 1 saturated heterocycles. The van der Waals surface area contributed by atoms with Crippen molar-refractivity contribution in [1.29, 1.82) is 0 Å². The number of ether oxygens (including phenoxy) is 1. The number of nitrogens with zero attached hydrogens (tertiary/aromatic N) is 1. The molecular weight excluding hydrogens is 332 g/mol. The van der Waals surface area contributed by atoms with E-state index < -0.39 is 0 Å². The lowest BCUT2D eigenvalue weighted by atomic mass is 10.1. The van der Waals surface area contributed by atoms with Crippen molar-refractivity contribution in [1.82, 2.24) is 10.2 Å².